The first-order chi connectivity index (χ1) is 9.72. The van der Waals surface area contributed by atoms with Crippen LogP contribution >= 0.6 is 0 Å². The Hall–Kier alpha value is -1.91. The third-order valence-electron chi connectivity index (χ3n) is 3.22. The quantitative estimate of drug-likeness (QED) is 0.844. The molecule has 2 aromatic rings. The van der Waals surface area contributed by atoms with Crippen LogP contribution in [0.5, 0.6) is 0 Å². The van der Waals surface area contributed by atoms with Crippen molar-refractivity contribution in [2.75, 3.05) is 20.3 Å². The number of carbonyl (C=O) groups excluding carboxylic acids is 1. The van der Waals surface area contributed by atoms with E-state index in [2.05, 4.69) is 5.32 Å². The van der Waals surface area contributed by atoms with Crippen LogP contribution in [0.4, 0.5) is 0 Å². The van der Waals surface area contributed by atoms with E-state index >= 15 is 0 Å². The van der Waals surface area contributed by atoms with Gasteiger partial charge in [-0.25, -0.2) is 0 Å². The minimum Gasteiger partial charge on any atom is -0.383 e. The summed E-state index contributed by atoms with van der Waals surface area (Å²) in [5.41, 5.74) is 6.52. The first-order valence-electron chi connectivity index (χ1n) is 6.73. The van der Waals surface area contributed by atoms with Gasteiger partial charge in [0.15, 0.2) is 0 Å². The van der Waals surface area contributed by atoms with E-state index < -0.39 is 0 Å². The summed E-state index contributed by atoms with van der Waals surface area (Å²) in [6.07, 6.45) is 0.699. The number of carbonyl (C=O) groups is 1. The molecule has 106 valence electrons. The molecule has 0 saturated heterocycles. The van der Waals surface area contributed by atoms with Crippen LogP contribution in [-0.2, 0) is 4.74 Å². The zero-order valence-electron chi connectivity index (χ0n) is 11.6. The van der Waals surface area contributed by atoms with Crippen molar-refractivity contribution >= 4 is 16.7 Å². The van der Waals surface area contributed by atoms with Gasteiger partial charge in [0.2, 0.25) is 0 Å². The van der Waals surface area contributed by atoms with Crippen molar-refractivity contribution in [1.82, 2.24) is 5.32 Å². The number of nitrogens with two attached hydrogens (primary N) is 1. The van der Waals surface area contributed by atoms with Crippen LogP contribution < -0.4 is 11.1 Å². The van der Waals surface area contributed by atoms with Gasteiger partial charge in [-0.2, -0.15) is 0 Å². The molecule has 0 saturated carbocycles. The van der Waals surface area contributed by atoms with Gasteiger partial charge >= 0.3 is 0 Å². The van der Waals surface area contributed by atoms with E-state index in [1.165, 1.54) is 0 Å². The zero-order valence-corrected chi connectivity index (χ0v) is 11.6. The highest BCUT2D eigenvalue weighted by molar-refractivity contribution is 6.06. The Morgan fingerprint density at radius 2 is 2.00 bits per heavy atom. The van der Waals surface area contributed by atoms with E-state index in [4.69, 9.17) is 10.5 Å². The van der Waals surface area contributed by atoms with E-state index in [0.717, 1.165) is 10.8 Å². The lowest BCUT2D eigenvalue weighted by atomic mass is 10.0. The summed E-state index contributed by atoms with van der Waals surface area (Å²) in [7, 11) is 1.62. The molecular formula is C16H20N2O2. The number of hydrogen-bond acceptors (Lipinski definition) is 3. The van der Waals surface area contributed by atoms with Crippen LogP contribution in [0.15, 0.2) is 42.5 Å². The number of ether oxygens (including phenoxy) is 1. The highest BCUT2D eigenvalue weighted by Gasteiger charge is 2.09. The summed E-state index contributed by atoms with van der Waals surface area (Å²) in [5.74, 6) is -0.0635. The molecule has 20 heavy (non-hydrogen) atoms. The van der Waals surface area contributed by atoms with Crippen molar-refractivity contribution in [3.63, 3.8) is 0 Å². The number of methoxy groups -OCH3 is 1. The molecule has 0 fully saturated rings. The summed E-state index contributed by atoms with van der Waals surface area (Å²) in [6, 6.07) is 13.6. The van der Waals surface area contributed by atoms with Crippen LogP contribution in [0.3, 0.4) is 0 Å². The van der Waals surface area contributed by atoms with E-state index in [9.17, 15) is 4.79 Å². The van der Waals surface area contributed by atoms with Gasteiger partial charge in [0.1, 0.15) is 0 Å². The molecule has 1 amide bonds. The molecule has 2 rings (SSSR count). The maximum absolute atomic E-state index is 12.2. The predicted molar refractivity (Wildman–Crippen MR) is 80.7 cm³/mol. The van der Waals surface area contributed by atoms with E-state index in [1.807, 2.05) is 42.5 Å². The first kappa shape index (κ1) is 14.5. The van der Waals surface area contributed by atoms with E-state index in [-0.39, 0.29) is 11.9 Å². The Labute approximate surface area is 118 Å². The smallest absolute Gasteiger partial charge is 0.251 e. The van der Waals surface area contributed by atoms with Gasteiger partial charge < -0.3 is 15.8 Å². The van der Waals surface area contributed by atoms with Crippen molar-refractivity contribution in [2.24, 2.45) is 5.73 Å². The second-order valence-electron chi connectivity index (χ2n) is 4.79. The average molecular weight is 272 g/mol. The number of nitrogens with one attached hydrogen (secondary N) is 1. The van der Waals surface area contributed by atoms with Gasteiger partial charge in [-0.05, 0) is 23.3 Å². The van der Waals surface area contributed by atoms with Crippen LogP contribution in [0, 0.1) is 0 Å². The fraction of sp³-hybridized carbons (Fsp3) is 0.312. The molecule has 0 spiro atoms. The van der Waals surface area contributed by atoms with Crippen LogP contribution in [0.1, 0.15) is 16.8 Å². The minimum absolute atomic E-state index is 0.0483. The standard InChI is InChI=1S/C16H20N2O2/c1-20-11-13(17)9-10-18-16(19)15-8-4-6-12-5-2-3-7-14(12)15/h2-8,13H,9-11,17H2,1H3,(H,18,19). The van der Waals surface area contributed by atoms with Gasteiger partial charge in [0, 0.05) is 25.3 Å². The predicted octanol–water partition coefficient (Wildman–Crippen LogP) is 1.93. The highest BCUT2D eigenvalue weighted by atomic mass is 16.5. The zero-order chi connectivity index (χ0) is 14.4. The van der Waals surface area contributed by atoms with Gasteiger partial charge in [-0.15, -0.1) is 0 Å². The molecule has 1 atom stereocenters. The maximum atomic E-state index is 12.2. The topological polar surface area (TPSA) is 64.3 Å². The molecule has 1 unspecified atom stereocenters. The normalized spacial score (nSPS) is 12.3. The molecule has 4 heteroatoms. The number of hydrogen-bond donors (Lipinski definition) is 2. The Balaban J connectivity index is 2.01. The molecule has 0 heterocycles. The third kappa shape index (κ3) is 3.56. The molecule has 0 aliphatic carbocycles. The second kappa shape index (κ2) is 7.03. The van der Waals surface area contributed by atoms with Crippen LogP contribution in [0.2, 0.25) is 0 Å². The Morgan fingerprint density at radius 3 is 2.80 bits per heavy atom. The fourth-order valence-electron chi connectivity index (χ4n) is 2.19. The molecule has 0 aliphatic heterocycles. The van der Waals surface area contributed by atoms with Gasteiger partial charge in [-0.1, -0.05) is 36.4 Å². The number of amides is 1. The average Bonchev–Trinajstić information content (AvgIpc) is 2.47. The second-order valence-corrected chi connectivity index (χ2v) is 4.79. The molecule has 4 nitrogen and oxygen atoms in total. The molecule has 0 bridgehead atoms. The number of fused-ring (bicyclic) bond motifs is 1. The molecule has 0 radical (unpaired) electrons. The van der Waals surface area contributed by atoms with Crippen molar-refractivity contribution < 1.29 is 9.53 Å². The molecule has 0 aromatic heterocycles. The Morgan fingerprint density at radius 1 is 1.25 bits per heavy atom. The SMILES string of the molecule is COCC(N)CCNC(=O)c1cccc2ccccc12. The summed E-state index contributed by atoms with van der Waals surface area (Å²) in [5, 5.41) is 4.94. The molecule has 0 aliphatic rings. The lowest BCUT2D eigenvalue weighted by Gasteiger charge is -2.11. The summed E-state index contributed by atoms with van der Waals surface area (Å²) in [6.45, 7) is 1.05. The molecule has 2 aromatic carbocycles. The van der Waals surface area contributed by atoms with Gasteiger partial charge in [0.25, 0.3) is 5.91 Å². The summed E-state index contributed by atoms with van der Waals surface area (Å²) < 4.78 is 4.97. The first-order valence-corrected chi connectivity index (χ1v) is 6.73. The third-order valence-corrected chi connectivity index (χ3v) is 3.22. The van der Waals surface area contributed by atoms with Gasteiger partial charge in [0.05, 0.1) is 6.61 Å². The number of benzene rings is 2. The number of rotatable bonds is 6. The minimum atomic E-state index is -0.0635. The Bertz CT molecular complexity index is 578. The van der Waals surface area contributed by atoms with Crippen molar-refractivity contribution in [2.45, 2.75) is 12.5 Å². The van der Waals surface area contributed by atoms with E-state index in [1.54, 1.807) is 7.11 Å². The monoisotopic (exact) mass is 272 g/mol. The largest absolute Gasteiger partial charge is 0.383 e. The maximum Gasteiger partial charge on any atom is 0.251 e. The van der Waals surface area contributed by atoms with Crippen LogP contribution in [0.25, 0.3) is 10.8 Å². The van der Waals surface area contributed by atoms with E-state index in [0.29, 0.717) is 25.1 Å². The van der Waals surface area contributed by atoms with Crippen molar-refractivity contribution in [3.8, 4) is 0 Å². The Kier molecular flexibility index (Phi) is 5.09. The summed E-state index contributed by atoms with van der Waals surface area (Å²) >= 11 is 0. The molecule has 3 N–H and O–H groups in total. The fourth-order valence-corrected chi connectivity index (χ4v) is 2.19. The van der Waals surface area contributed by atoms with Crippen LogP contribution in [-0.4, -0.2) is 32.2 Å². The molecular weight excluding hydrogens is 252 g/mol. The van der Waals surface area contributed by atoms with Gasteiger partial charge in [-0.3, -0.25) is 4.79 Å². The lowest BCUT2D eigenvalue weighted by Crippen LogP contribution is -2.32. The van der Waals surface area contributed by atoms with Crippen molar-refractivity contribution in [1.29, 1.82) is 0 Å². The van der Waals surface area contributed by atoms with Crippen molar-refractivity contribution in [3.05, 3.63) is 48.0 Å². The lowest BCUT2D eigenvalue weighted by molar-refractivity contribution is 0.0952. The summed E-state index contributed by atoms with van der Waals surface area (Å²) in [4.78, 5) is 12.2. The highest BCUT2D eigenvalue weighted by Crippen LogP contribution is 2.18.